The van der Waals surface area contributed by atoms with Crippen molar-refractivity contribution in [1.82, 2.24) is 10.2 Å². The van der Waals surface area contributed by atoms with Crippen molar-refractivity contribution < 1.29 is 9.59 Å². The van der Waals surface area contributed by atoms with E-state index in [1.807, 2.05) is 4.90 Å². The molecule has 5 nitrogen and oxygen atoms in total. The van der Waals surface area contributed by atoms with Gasteiger partial charge in [-0.1, -0.05) is 11.6 Å². The van der Waals surface area contributed by atoms with Crippen molar-refractivity contribution in [3.63, 3.8) is 0 Å². The minimum Gasteiger partial charge on any atom is -0.369 e. The molecular weight excluding hydrogens is 310 g/mol. The average Bonchev–Trinajstić information content (AvgIpc) is 2.47. The van der Waals surface area contributed by atoms with E-state index in [0.29, 0.717) is 41.6 Å². The van der Waals surface area contributed by atoms with Gasteiger partial charge in [-0.2, -0.15) is 0 Å². The molecule has 21 heavy (non-hydrogen) atoms. The number of hydrogen-bond donors (Lipinski definition) is 2. The second-order valence-electron chi connectivity index (χ2n) is 4.93. The largest absolute Gasteiger partial charge is 0.369 e. The van der Waals surface area contributed by atoms with Crippen molar-refractivity contribution >= 4 is 40.7 Å². The van der Waals surface area contributed by atoms with E-state index in [-0.39, 0.29) is 17.7 Å². The maximum Gasteiger partial charge on any atom is 0.257 e. The Bertz CT molecular complexity index is 554. The smallest absolute Gasteiger partial charge is 0.257 e. The highest BCUT2D eigenvalue weighted by molar-refractivity contribution is 7.80. The van der Waals surface area contributed by atoms with Gasteiger partial charge in [0, 0.05) is 29.6 Å². The van der Waals surface area contributed by atoms with Gasteiger partial charge in [-0.05, 0) is 49.3 Å². The normalized spacial score (nSPS) is 15.6. The molecule has 1 aliphatic rings. The highest BCUT2D eigenvalue weighted by Crippen LogP contribution is 2.17. The van der Waals surface area contributed by atoms with Gasteiger partial charge in [0.1, 0.15) is 0 Å². The topological polar surface area (TPSA) is 75.4 Å². The predicted molar refractivity (Wildman–Crippen MR) is 85.0 cm³/mol. The van der Waals surface area contributed by atoms with E-state index < -0.39 is 0 Å². The zero-order valence-corrected chi connectivity index (χ0v) is 12.9. The molecule has 1 aromatic rings. The Kier molecular flexibility index (Phi) is 5.14. The molecule has 0 radical (unpaired) electrons. The second-order valence-corrected chi connectivity index (χ2v) is 5.75. The lowest BCUT2D eigenvalue weighted by atomic mass is 9.97. The van der Waals surface area contributed by atoms with Crippen LogP contribution in [0.25, 0.3) is 0 Å². The average molecular weight is 326 g/mol. The third-order valence-electron chi connectivity index (χ3n) is 3.51. The Morgan fingerprint density at radius 3 is 2.33 bits per heavy atom. The van der Waals surface area contributed by atoms with Crippen LogP contribution in [0, 0.1) is 5.92 Å². The number of nitrogens with one attached hydrogen (secondary N) is 1. The van der Waals surface area contributed by atoms with Crippen LogP contribution in [0.2, 0.25) is 5.02 Å². The third kappa shape index (κ3) is 4.15. The number of carbonyl (C=O) groups is 2. The highest BCUT2D eigenvalue weighted by Gasteiger charge is 2.25. The van der Waals surface area contributed by atoms with Crippen molar-refractivity contribution in [1.29, 1.82) is 0 Å². The number of benzene rings is 1. The molecule has 1 fully saturated rings. The molecule has 7 heteroatoms. The number of primary amides is 1. The number of amides is 2. The number of hydrogen-bond acceptors (Lipinski definition) is 3. The Morgan fingerprint density at radius 1 is 1.24 bits per heavy atom. The summed E-state index contributed by atoms with van der Waals surface area (Å²) in [5, 5.41) is 3.63. The summed E-state index contributed by atoms with van der Waals surface area (Å²) in [5.74, 6) is -0.643. The van der Waals surface area contributed by atoms with Crippen molar-refractivity contribution in [2.45, 2.75) is 12.8 Å². The first-order chi connectivity index (χ1) is 9.97. The number of nitrogens with zero attached hydrogens (tertiary/aromatic N) is 1. The zero-order valence-electron chi connectivity index (χ0n) is 11.3. The van der Waals surface area contributed by atoms with Gasteiger partial charge in [0.15, 0.2) is 5.11 Å². The Morgan fingerprint density at radius 2 is 1.81 bits per heavy atom. The van der Waals surface area contributed by atoms with Crippen LogP contribution < -0.4 is 11.1 Å². The van der Waals surface area contributed by atoms with Crippen LogP contribution in [0.15, 0.2) is 24.3 Å². The number of halogens is 1. The molecule has 112 valence electrons. The Hall–Kier alpha value is -1.66. The summed E-state index contributed by atoms with van der Waals surface area (Å²) in [6.45, 7) is 1.24. The lowest BCUT2D eigenvalue weighted by molar-refractivity contribution is -0.122. The van der Waals surface area contributed by atoms with Gasteiger partial charge >= 0.3 is 0 Å². The Labute approximate surface area is 133 Å². The number of piperidine rings is 1. The van der Waals surface area contributed by atoms with Gasteiger partial charge in [0.2, 0.25) is 5.91 Å². The molecular formula is C14H16ClN3O2S. The minimum absolute atomic E-state index is 0.101. The van der Waals surface area contributed by atoms with Crippen molar-refractivity contribution in [3.05, 3.63) is 34.9 Å². The van der Waals surface area contributed by atoms with E-state index in [4.69, 9.17) is 29.6 Å². The molecule has 0 unspecified atom stereocenters. The maximum absolute atomic E-state index is 12.0. The molecule has 3 N–H and O–H groups in total. The Balaban J connectivity index is 1.89. The summed E-state index contributed by atoms with van der Waals surface area (Å²) in [6.07, 6.45) is 1.32. The number of carbonyl (C=O) groups excluding carboxylic acids is 2. The molecule has 1 saturated heterocycles. The highest BCUT2D eigenvalue weighted by atomic mass is 35.5. The first kappa shape index (κ1) is 15.7. The SMILES string of the molecule is NC(=O)C1CCN(C(=S)NC(=O)c2ccc(Cl)cc2)CC1. The van der Waals surface area contributed by atoms with Gasteiger partial charge in [0.25, 0.3) is 5.91 Å². The van der Waals surface area contributed by atoms with Crippen molar-refractivity contribution in [2.75, 3.05) is 13.1 Å². The van der Waals surface area contributed by atoms with Crippen LogP contribution in [-0.2, 0) is 4.79 Å². The van der Waals surface area contributed by atoms with Crippen molar-refractivity contribution in [3.8, 4) is 0 Å². The fourth-order valence-electron chi connectivity index (χ4n) is 2.22. The molecule has 2 rings (SSSR count). The molecule has 1 aromatic carbocycles. The van der Waals surface area contributed by atoms with Gasteiger partial charge in [-0.3, -0.25) is 14.9 Å². The van der Waals surface area contributed by atoms with Gasteiger partial charge < -0.3 is 10.6 Å². The van der Waals surface area contributed by atoms with Gasteiger partial charge in [-0.25, -0.2) is 0 Å². The lowest BCUT2D eigenvalue weighted by Gasteiger charge is -2.32. The minimum atomic E-state index is -0.272. The summed E-state index contributed by atoms with van der Waals surface area (Å²) >= 11 is 11.0. The molecule has 0 aromatic heterocycles. The molecule has 0 aliphatic carbocycles. The molecule has 0 spiro atoms. The van der Waals surface area contributed by atoms with Crippen LogP contribution in [0.5, 0.6) is 0 Å². The molecule has 0 saturated carbocycles. The van der Waals surface area contributed by atoms with Crippen LogP contribution in [0.4, 0.5) is 0 Å². The molecule has 2 amide bonds. The first-order valence-corrected chi connectivity index (χ1v) is 7.41. The van der Waals surface area contributed by atoms with E-state index in [1.54, 1.807) is 24.3 Å². The number of thiocarbonyl (C=S) groups is 1. The number of rotatable bonds is 2. The van der Waals surface area contributed by atoms with Crippen LogP contribution >= 0.6 is 23.8 Å². The van der Waals surface area contributed by atoms with Gasteiger partial charge in [-0.15, -0.1) is 0 Å². The summed E-state index contributed by atoms with van der Waals surface area (Å²) < 4.78 is 0. The van der Waals surface area contributed by atoms with Crippen LogP contribution in [0.3, 0.4) is 0 Å². The summed E-state index contributed by atoms with van der Waals surface area (Å²) in [7, 11) is 0. The van der Waals surface area contributed by atoms with Gasteiger partial charge in [0.05, 0.1) is 0 Å². The summed E-state index contributed by atoms with van der Waals surface area (Å²) in [5.41, 5.74) is 5.78. The second kappa shape index (κ2) is 6.87. The number of nitrogens with two attached hydrogens (primary N) is 1. The lowest BCUT2D eigenvalue weighted by Crippen LogP contribution is -2.47. The van der Waals surface area contributed by atoms with Crippen LogP contribution in [0.1, 0.15) is 23.2 Å². The van der Waals surface area contributed by atoms with E-state index in [0.717, 1.165) is 0 Å². The molecule has 0 bridgehead atoms. The molecule has 1 heterocycles. The number of likely N-dealkylation sites (tertiary alicyclic amines) is 1. The molecule has 0 atom stereocenters. The summed E-state index contributed by atoms with van der Waals surface area (Å²) in [4.78, 5) is 25.0. The maximum atomic E-state index is 12.0. The summed E-state index contributed by atoms with van der Waals surface area (Å²) in [6, 6.07) is 6.58. The fraction of sp³-hybridized carbons (Fsp3) is 0.357. The fourth-order valence-corrected chi connectivity index (χ4v) is 2.62. The van der Waals surface area contributed by atoms with E-state index in [1.165, 1.54) is 0 Å². The van der Waals surface area contributed by atoms with E-state index in [2.05, 4.69) is 5.32 Å². The van der Waals surface area contributed by atoms with Crippen LogP contribution in [-0.4, -0.2) is 34.9 Å². The monoisotopic (exact) mass is 325 g/mol. The third-order valence-corrected chi connectivity index (χ3v) is 4.12. The first-order valence-electron chi connectivity index (χ1n) is 6.62. The van der Waals surface area contributed by atoms with E-state index in [9.17, 15) is 9.59 Å². The van der Waals surface area contributed by atoms with E-state index >= 15 is 0 Å². The quantitative estimate of drug-likeness (QED) is 0.809. The predicted octanol–water partition coefficient (Wildman–Crippen LogP) is 1.55. The molecule has 1 aliphatic heterocycles. The standard InChI is InChI=1S/C14H16ClN3O2S/c15-11-3-1-10(2-4-11)13(20)17-14(21)18-7-5-9(6-8-18)12(16)19/h1-4,9H,5-8H2,(H2,16,19)(H,17,20,21). The van der Waals surface area contributed by atoms with Crippen molar-refractivity contribution in [2.24, 2.45) is 11.7 Å². The zero-order chi connectivity index (χ0) is 15.4.